The van der Waals surface area contributed by atoms with E-state index in [0.717, 1.165) is 19.5 Å². The second-order valence-corrected chi connectivity index (χ2v) is 2.89. The Balaban J connectivity index is 2.35. The minimum Gasteiger partial charge on any atom is -0.341 e. The molecule has 1 fully saturated rings. The van der Waals surface area contributed by atoms with E-state index in [-0.39, 0.29) is 6.03 Å². The molecule has 2 amide bonds. The van der Waals surface area contributed by atoms with Crippen molar-refractivity contribution in [1.82, 2.24) is 10.2 Å². The van der Waals surface area contributed by atoms with Crippen molar-refractivity contribution in [3.8, 4) is 0 Å². The first-order valence-electron chi connectivity index (χ1n) is 3.94. The molecule has 11 heavy (non-hydrogen) atoms. The number of rotatable bonds is 1. The number of nitrogens with two attached hydrogens (primary N) is 1. The lowest BCUT2D eigenvalue weighted by Gasteiger charge is -2.14. The molecule has 4 nitrogen and oxygen atoms in total. The number of carbonyl (C=O) groups is 1. The summed E-state index contributed by atoms with van der Waals surface area (Å²) in [6, 6.07) is 0.0148. The molecule has 0 saturated carbocycles. The molecule has 0 bridgehead atoms. The van der Waals surface area contributed by atoms with Gasteiger partial charge in [-0.3, -0.25) is 0 Å². The SMILES string of the molecule is CNC(=O)N1CCC(CN)C1. The minimum atomic E-state index is 0.0148. The number of hydrogen-bond donors (Lipinski definition) is 2. The third-order valence-corrected chi connectivity index (χ3v) is 2.12. The first kappa shape index (κ1) is 8.33. The quantitative estimate of drug-likeness (QED) is 0.544. The first-order chi connectivity index (χ1) is 5.27. The minimum absolute atomic E-state index is 0.0148. The highest BCUT2D eigenvalue weighted by Crippen LogP contribution is 2.13. The highest BCUT2D eigenvalue weighted by Gasteiger charge is 2.23. The van der Waals surface area contributed by atoms with E-state index >= 15 is 0 Å². The summed E-state index contributed by atoms with van der Waals surface area (Å²) >= 11 is 0. The Kier molecular flexibility index (Phi) is 2.70. The monoisotopic (exact) mass is 157 g/mol. The third kappa shape index (κ3) is 1.83. The Bertz CT molecular complexity index is 149. The van der Waals surface area contributed by atoms with Crippen LogP contribution in [-0.2, 0) is 0 Å². The standard InChI is InChI=1S/C7H15N3O/c1-9-7(11)10-3-2-6(4-8)5-10/h6H,2-5,8H2,1H3,(H,9,11). The topological polar surface area (TPSA) is 58.4 Å². The van der Waals surface area contributed by atoms with Crippen LogP contribution in [0.25, 0.3) is 0 Å². The third-order valence-electron chi connectivity index (χ3n) is 2.12. The predicted molar refractivity (Wildman–Crippen MR) is 43.2 cm³/mol. The molecule has 4 heteroatoms. The van der Waals surface area contributed by atoms with Crippen LogP contribution in [0.1, 0.15) is 6.42 Å². The van der Waals surface area contributed by atoms with Crippen LogP contribution in [0.4, 0.5) is 4.79 Å². The number of nitrogens with one attached hydrogen (secondary N) is 1. The summed E-state index contributed by atoms with van der Waals surface area (Å²) in [7, 11) is 1.65. The summed E-state index contributed by atoms with van der Waals surface area (Å²) in [5.74, 6) is 0.507. The fourth-order valence-corrected chi connectivity index (χ4v) is 1.37. The number of urea groups is 1. The molecule has 0 aromatic rings. The van der Waals surface area contributed by atoms with Crippen molar-refractivity contribution in [2.45, 2.75) is 6.42 Å². The van der Waals surface area contributed by atoms with Crippen LogP contribution >= 0.6 is 0 Å². The molecule has 1 atom stereocenters. The zero-order valence-electron chi connectivity index (χ0n) is 6.84. The molecule has 0 spiro atoms. The summed E-state index contributed by atoms with van der Waals surface area (Å²) in [5, 5.41) is 2.60. The number of carbonyl (C=O) groups excluding carboxylic acids is 1. The largest absolute Gasteiger partial charge is 0.341 e. The van der Waals surface area contributed by atoms with Gasteiger partial charge in [0.15, 0.2) is 0 Å². The Morgan fingerprint density at radius 2 is 2.55 bits per heavy atom. The zero-order chi connectivity index (χ0) is 8.27. The summed E-state index contributed by atoms with van der Waals surface area (Å²) in [6.07, 6.45) is 1.05. The summed E-state index contributed by atoms with van der Waals surface area (Å²) in [4.78, 5) is 12.9. The molecule has 1 rings (SSSR count). The fraction of sp³-hybridized carbons (Fsp3) is 0.857. The molecule has 0 radical (unpaired) electrons. The van der Waals surface area contributed by atoms with Crippen LogP contribution in [0.2, 0.25) is 0 Å². The van der Waals surface area contributed by atoms with Crippen LogP contribution in [0.3, 0.4) is 0 Å². The van der Waals surface area contributed by atoms with Crippen molar-refractivity contribution in [2.75, 3.05) is 26.7 Å². The van der Waals surface area contributed by atoms with Crippen LogP contribution in [0, 0.1) is 5.92 Å². The molecular weight excluding hydrogens is 142 g/mol. The number of amides is 2. The summed E-state index contributed by atoms with van der Waals surface area (Å²) < 4.78 is 0. The first-order valence-corrected chi connectivity index (χ1v) is 3.94. The van der Waals surface area contributed by atoms with Crippen LogP contribution < -0.4 is 11.1 Å². The van der Waals surface area contributed by atoms with Gasteiger partial charge in [0.2, 0.25) is 0 Å². The second kappa shape index (κ2) is 3.57. The maximum absolute atomic E-state index is 11.0. The van der Waals surface area contributed by atoms with E-state index < -0.39 is 0 Å². The van der Waals surface area contributed by atoms with E-state index in [1.165, 1.54) is 0 Å². The highest BCUT2D eigenvalue weighted by atomic mass is 16.2. The van der Waals surface area contributed by atoms with Crippen molar-refractivity contribution < 1.29 is 4.79 Å². The molecule has 0 aliphatic carbocycles. The van der Waals surface area contributed by atoms with Gasteiger partial charge in [-0.1, -0.05) is 0 Å². The van der Waals surface area contributed by atoms with Gasteiger partial charge < -0.3 is 16.0 Å². The van der Waals surface area contributed by atoms with Gasteiger partial charge >= 0.3 is 6.03 Å². The van der Waals surface area contributed by atoms with Crippen LogP contribution in [0.5, 0.6) is 0 Å². The molecular formula is C7H15N3O. The lowest BCUT2D eigenvalue weighted by molar-refractivity contribution is 0.209. The highest BCUT2D eigenvalue weighted by molar-refractivity contribution is 5.74. The molecule has 3 N–H and O–H groups in total. The normalized spacial score (nSPS) is 23.8. The van der Waals surface area contributed by atoms with Crippen LogP contribution in [0.15, 0.2) is 0 Å². The van der Waals surface area contributed by atoms with E-state index in [1.54, 1.807) is 11.9 Å². The van der Waals surface area contributed by atoms with Gasteiger partial charge in [-0.2, -0.15) is 0 Å². The van der Waals surface area contributed by atoms with E-state index in [1.807, 2.05) is 0 Å². The lowest BCUT2D eigenvalue weighted by Crippen LogP contribution is -2.36. The van der Waals surface area contributed by atoms with E-state index in [4.69, 9.17) is 5.73 Å². The molecule has 1 saturated heterocycles. The Labute approximate surface area is 66.7 Å². The van der Waals surface area contributed by atoms with Crippen molar-refractivity contribution >= 4 is 6.03 Å². The maximum atomic E-state index is 11.0. The summed E-state index contributed by atoms with van der Waals surface area (Å²) in [5.41, 5.74) is 5.48. The number of nitrogens with zero attached hydrogens (tertiary/aromatic N) is 1. The van der Waals surface area contributed by atoms with Gasteiger partial charge in [-0.15, -0.1) is 0 Å². The van der Waals surface area contributed by atoms with Gasteiger partial charge in [0, 0.05) is 20.1 Å². The fourth-order valence-electron chi connectivity index (χ4n) is 1.37. The van der Waals surface area contributed by atoms with Crippen molar-refractivity contribution in [2.24, 2.45) is 11.7 Å². The molecule has 1 aliphatic heterocycles. The van der Waals surface area contributed by atoms with Gasteiger partial charge in [0.05, 0.1) is 0 Å². The molecule has 0 aromatic carbocycles. The molecule has 64 valence electrons. The average Bonchev–Trinajstić information content (AvgIpc) is 2.50. The number of hydrogen-bond acceptors (Lipinski definition) is 2. The second-order valence-electron chi connectivity index (χ2n) is 2.89. The van der Waals surface area contributed by atoms with Gasteiger partial charge in [-0.25, -0.2) is 4.79 Å². The predicted octanol–water partition coefficient (Wildman–Crippen LogP) is -0.394. The average molecular weight is 157 g/mol. The Morgan fingerprint density at radius 1 is 1.82 bits per heavy atom. The van der Waals surface area contributed by atoms with E-state index in [9.17, 15) is 4.79 Å². The van der Waals surface area contributed by atoms with Gasteiger partial charge in [0.1, 0.15) is 0 Å². The van der Waals surface area contributed by atoms with Gasteiger partial charge in [0.25, 0.3) is 0 Å². The smallest absolute Gasteiger partial charge is 0.317 e. The van der Waals surface area contributed by atoms with Crippen molar-refractivity contribution in [3.05, 3.63) is 0 Å². The van der Waals surface area contributed by atoms with E-state index in [2.05, 4.69) is 5.32 Å². The molecule has 1 unspecified atom stereocenters. The molecule has 1 heterocycles. The van der Waals surface area contributed by atoms with Crippen molar-refractivity contribution in [3.63, 3.8) is 0 Å². The van der Waals surface area contributed by atoms with Gasteiger partial charge in [-0.05, 0) is 18.9 Å². The lowest BCUT2D eigenvalue weighted by atomic mass is 10.1. The maximum Gasteiger partial charge on any atom is 0.317 e. The molecule has 1 aliphatic rings. The summed E-state index contributed by atoms with van der Waals surface area (Å²) in [6.45, 7) is 2.35. The van der Waals surface area contributed by atoms with E-state index in [0.29, 0.717) is 12.5 Å². The Hall–Kier alpha value is -0.770. The zero-order valence-corrected chi connectivity index (χ0v) is 6.84. The molecule has 0 aromatic heterocycles. The van der Waals surface area contributed by atoms with Crippen molar-refractivity contribution in [1.29, 1.82) is 0 Å². The Morgan fingerprint density at radius 3 is 3.00 bits per heavy atom. The number of likely N-dealkylation sites (tertiary alicyclic amines) is 1. The van der Waals surface area contributed by atoms with Crippen LogP contribution in [-0.4, -0.2) is 37.6 Å².